The van der Waals surface area contributed by atoms with E-state index in [0.29, 0.717) is 46.2 Å². The van der Waals surface area contributed by atoms with E-state index in [-0.39, 0.29) is 11.8 Å². The quantitative estimate of drug-likeness (QED) is 0.394. The molecular weight excluding hydrogens is 468 g/mol. The third-order valence-corrected chi connectivity index (χ3v) is 8.36. The molecule has 0 unspecified atom stereocenters. The molecule has 0 bridgehead atoms. The third-order valence-electron chi connectivity index (χ3n) is 6.86. The van der Waals surface area contributed by atoms with Crippen LogP contribution in [0.3, 0.4) is 0 Å². The normalized spacial score (nSPS) is 16.6. The minimum absolute atomic E-state index is 0.0908. The molecule has 4 aromatic carbocycles. The van der Waals surface area contributed by atoms with Gasteiger partial charge in [-0.1, -0.05) is 66.7 Å². The Bertz CT molecular complexity index is 1520. The summed E-state index contributed by atoms with van der Waals surface area (Å²) in [6.07, 6.45) is 0.810. The highest BCUT2D eigenvalue weighted by molar-refractivity contribution is 7.85. The van der Waals surface area contributed by atoms with Crippen molar-refractivity contribution in [3.8, 4) is 0 Å². The Balaban J connectivity index is 1.42. The molecule has 2 aliphatic heterocycles. The number of hydrogen-bond donors (Lipinski definition) is 0. The average Bonchev–Trinajstić information content (AvgIpc) is 3.02. The Morgan fingerprint density at radius 2 is 1.53 bits per heavy atom. The van der Waals surface area contributed by atoms with Crippen LogP contribution in [0.1, 0.15) is 37.4 Å². The van der Waals surface area contributed by atoms with Crippen LogP contribution >= 0.6 is 0 Å². The third kappa shape index (κ3) is 3.93. The van der Waals surface area contributed by atoms with Crippen LogP contribution in [0.4, 0.5) is 5.69 Å². The van der Waals surface area contributed by atoms with Crippen molar-refractivity contribution < 1.29 is 13.8 Å². The summed E-state index contributed by atoms with van der Waals surface area (Å²) in [5, 5.41) is 0. The van der Waals surface area contributed by atoms with Crippen molar-refractivity contribution in [2.24, 2.45) is 0 Å². The zero-order valence-electron chi connectivity index (χ0n) is 19.6. The van der Waals surface area contributed by atoms with Gasteiger partial charge in [0, 0.05) is 18.7 Å². The maximum absolute atomic E-state index is 13.8. The van der Waals surface area contributed by atoms with Gasteiger partial charge in [-0.15, -0.1) is 0 Å². The first-order chi connectivity index (χ1) is 17.6. The number of anilines is 1. The molecule has 0 N–H and O–H groups in total. The van der Waals surface area contributed by atoms with Gasteiger partial charge in [0.1, 0.15) is 0 Å². The van der Waals surface area contributed by atoms with Gasteiger partial charge >= 0.3 is 0 Å². The van der Waals surface area contributed by atoms with E-state index in [2.05, 4.69) is 12.1 Å². The molecule has 0 aromatic heterocycles. The second-order valence-electron chi connectivity index (χ2n) is 9.07. The summed E-state index contributed by atoms with van der Waals surface area (Å²) in [4.78, 5) is 31.9. The molecule has 0 radical (unpaired) electrons. The minimum atomic E-state index is -1.55. The van der Waals surface area contributed by atoms with E-state index in [0.717, 1.165) is 17.5 Å². The summed E-state index contributed by atoms with van der Waals surface area (Å²) >= 11 is 0. The number of rotatable bonds is 3. The van der Waals surface area contributed by atoms with Crippen LogP contribution in [0.2, 0.25) is 0 Å². The highest BCUT2D eigenvalue weighted by atomic mass is 32.2. The fourth-order valence-corrected chi connectivity index (χ4v) is 6.32. The van der Waals surface area contributed by atoms with Crippen LogP contribution in [-0.4, -0.2) is 27.5 Å². The van der Waals surface area contributed by atoms with E-state index < -0.39 is 10.8 Å². The molecule has 0 spiro atoms. The number of amides is 2. The SMILES string of the molecule is O=C(c1ccc2c(c1)N(Cc1ccccc1)C(=O)c1ccccc1[S@@]2=O)N1CCc2ccccc2C1. The minimum Gasteiger partial charge on any atom is -0.334 e. The summed E-state index contributed by atoms with van der Waals surface area (Å²) in [6.45, 7) is 1.50. The van der Waals surface area contributed by atoms with Crippen molar-refractivity contribution in [1.82, 2.24) is 4.90 Å². The maximum atomic E-state index is 13.8. The van der Waals surface area contributed by atoms with Crippen LogP contribution in [-0.2, 0) is 30.3 Å². The van der Waals surface area contributed by atoms with Gasteiger partial charge in [0.2, 0.25) is 0 Å². The number of benzene rings is 4. The van der Waals surface area contributed by atoms with Gasteiger partial charge in [-0.05, 0) is 53.4 Å². The molecule has 5 nitrogen and oxygen atoms in total. The Labute approximate surface area is 212 Å². The Morgan fingerprint density at radius 3 is 2.36 bits per heavy atom. The van der Waals surface area contributed by atoms with Crippen molar-refractivity contribution >= 4 is 28.3 Å². The van der Waals surface area contributed by atoms with Gasteiger partial charge < -0.3 is 9.80 Å². The summed E-state index contributed by atoms with van der Waals surface area (Å²) in [5.74, 6) is -0.315. The van der Waals surface area contributed by atoms with Gasteiger partial charge in [-0.3, -0.25) is 9.59 Å². The van der Waals surface area contributed by atoms with Crippen LogP contribution in [0.15, 0.2) is 107 Å². The summed E-state index contributed by atoms with van der Waals surface area (Å²) < 4.78 is 13.6. The molecule has 2 aliphatic rings. The summed E-state index contributed by atoms with van der Waals surface area (Å²) in [5.41, 5.74) is 4.80. The fourth-order valence-electron chi connectivity index (χ4n) is 4.97. The van der Waals surface area contributed by atoms with Crippen molar-refractivity contribution in [2.45, 2.75) is 29.3 Å². The predicted molar refractivity (Wildman–Crippen MR) is 139 cm³/mol. The largest absolute Gasteiger partial charge is 0.334 e. The highest BCUT2D eigenvalue weighted by Crippen LogP contribution is 2.36. The summed E-state index contributed by atoms with van der Waals surface area (Å²) in [7, 11) is -1.55. The lowest BCUT2D eigenvalue weighted by Gasteiger charge is -2.29. The molecule has 0 saturated heterocycles. The second-order valence-corrected chi connectivity index (χ2v) is 10.5. The number of fused-ring (bicyclic) bond motifs is 3. The van der Waals surface area contributed by atoms with Crippen LogP contribution < -0.4 is 4.90 Å². The molecule has 6 heteroatoms. The van der Waals surface area contributed by atoms with E-state index in [1.165, 1.54) is 5.56 Å². The number of carbonyl (C=O) groups is 2. The van der Waals surface area contributed by atoms with Crippen molar-refractivity contribution in [1.29, 1.82) is 0 Å². The monoisotopic (exact) mass is 492 g/mol. The summed E-state index contributed by atoms with van der Waals surface area (Å²) in [6, 6.07) is 30.2. The number of carbonyl (C=O) groups excluding carboxylic acids is 2. The van der Waals surface area contributed by atoms with E-state index in [1.807, 2.05) is 47.4 Å². The van der Waals surface area contributed by atoms with Gasteiger partial charge in [0.05, 0.1) is 38.4 Å². The highest BCUT2D eigenvalue weighted by Gasteiger charge is 2.32. The van der Waals surface area contributed by atoms with Crippen LogP contribution in [0, 0.1) is 0 Å². The molecule has 2 amide bonds. The van der Waals surface area contributed by atoms with Gasteiger partial charge in [-0.2, -0.15) is 0 Å². The molecule has 2 heterocycles. The predicted octanol–water partition coefficient (Wildman–Crippen LogP) is 5.21. The van der Waals surface area contributed by atoms with Gasteiger partial charge in [0.25, 0.3) is 11.8 Å². The Kier molecular flexibility index (Phi) is 5.74. The smallest absolute Gasteiger partial charge is 0.259 e. The molecule has 178 valence electrons. The molecule has 6 rings (SSSR count). The second kappa shape index (κ2) is 9.21. The first-order valence-corrected chi connectivity index (χ1v) is 13.1. The molecule has 4 aromatic rings. The first-order valence-electron chi connectivity index (χ1n) is 12.0. The lowest BCUT2D eigenvalue weighted by atomic mass is 9.99. The first kappa shape index (κ1) is 22.4. The number of nitrogens with zero attached hydrogens (tertiary/aromatic N) is 2. The maximum Gasteiger partial charge on any atom is 0.259 e. The lowest BCUT2D eigenvalue weighted by molar-refractivity contribution is 0.0734. The Morgan fingerprint density at radius 1 is 0.806 bits per heavy atom. The Hall–Kier alpha value is -4.03. The molecule has 0 saturated carbocycles. The van der Waals surface area contributed by atoms with E-state index >= 15 is 0 Å². The van der Waals surface area contributed by atoms with E-state index in [9.17, 15) is 13.8 Å². The van der Waals surface area contributed by atoms with Crippen molar-refractivity contribution in [3.63, 3.8) is 0 Å². The lowest BCUT2D eigenvalue weighted by Crippen LogP contribution is -2.36. The molecule has 0 aliphatic carbocycles. The molecule has 0 fully saturated rings. The van der Waals surface area contributed by atoms with Crippen molar-refractivity contribution in [2.75, 3.05) is 11.4 Å². The van der Waals surface area contributed by atoms with E-state index in [1.54, 1.807) is 47.4 Å². The number of hydrogen-bond acceptors (Lipinski definition) is 3. The van der Waals surface area contributed by atoms with Crippen LogP contribution in [0.5, 0.6) is 0 Å². The topological polar surface area (TPSA) is 57.7 Å². The van der Waals surface area contributed by atoms with E-state index in [4.69, 9.17) is 0 Å². The van der Waals surface area contributed by atoms with Crippen LogP contribution in [0.25, 0.3) is 0 Å². The molecular formula is C30H24N2O3S. The average molecular weight is 493 g/mol. The standard InChI is InChI=1S/C30H24N2O3S/c33-29(31-17-16-22-10-4-5-11-24(22)20-31)23-14-15-28-26(18-23)32(19-21-8-2-1-3-9-21)30(34)25-12-6-7-13-27(25)36(28)35/h1-15,18H,16-17,19-20H2/t36-/m0/s1. The van der Waals surface area contributed by atoms with Crippen molar-refractivity contribution in [3.05, 3.63) is 125 Å². The van der Waals surface area contributed by atoms with Gasteiger partial charge in [0.15, 0.2) is 0 Å². The zero-order valence-corrected chi connectivity index (χ0v) is 20.4. The van der Waals surface area contributed by atoms with Gasteiger partial charge in [-0.25, -0.2) is 4.21 Å². The fraction of sp³-hybridized carbons (Fsp3) is 0.133. The molecule has 1 atom stereocenters. The zero-order chi connectivity index (χ0) is 24.6. The molecule has 36 heavy (non-hydrogen) atoms.